The monoisotopic (exact) mass is 266 g/mol. The van der Waals surface area contributed by atoms with Gasteiger partial charge >= 0.3 is 0 Å². The maximum atomic E-state index is 5.71. The Labute approximate surface area is 118 Å². The summed E-state index contributed by atoms with van der Waals surface area (Å²) in [6.45, 7) is 4.28. The van der Waals surface area contributed by atoms with Gasteiger partial charge in [-0.3, -0.25) is 0 Å². The van der Waals surface area contributed by atoms with E-state index in [9.17, 15) is 0 Å². The smallest absolute Gasteiger partial charge is 0.0593 e. The van der Waals surface area contributed by atoms with Gasteiger partial charge in [0.2, 0.25) is 0 Å². The Morgan fingerprint density at radius 1 is 1.00 bits per heavy atom. The van der Waals surface area contributed by atoms with E-state index in [0.29, 0.717) is 0 Å². The number of likely N-dealkylation sites (N-methyl/N-ethyl adjacent to an activating group) is 1. The zero-order valence-electron chi connectivity index (χ0n) is 12.4. The molecule has 2 unspecified atom stereocenters. The lowest BCUT2D eigenvalue weighted by Crippen LogP contribution is -2.39. The SMILES string of the molecule is CN(CCOCC1CC1)CCC1CC2CCC(C1)N2. The minimum atomic E-state index is 0.843. The number of nitrogens with one attached hydrogen (secondary N) is 1. The molecular weight excluding hydrogens is 236 g/mol. The Morgan fingerprint density at radius 2 is 1.74 bits per heavy atom. The van der Waals surface area contributed by atoms with Crippen molar-refractivity contribution >= 4 is 0 Å². The fraction of sp³-hybridized carbons (Fsp3) is 1.00. The van der Waals surface area contributed by atoms with Gasteiger partial charge in [-0.1, -0.05) is 0 Å². The minimum Gasteiger partial charge on any atom is -0.380 e. The van der Waals surface area contributed by atoms with Crippen LogP contribution < -0.4 is 5.32 Å². The van der Waals surface area contributed by atoms with Crippen LogP contribution in [0.1, 0.15) is 44.9 Å². The molecule has 2 atom stereocenters. The minimum absolute atomic E-state index is 0.843. The topological polar surface area (TPSA) is 24.5 Å². The first-order valence-electron chi connectivity index (χ1n) is 8.32. The molecule has 1 N–H and O–H groups in total. The van der Waals surface area contributed by atoms with Crippen LogP contribution >= 0.6 is 0 Å². The summed E-state index contributed by atoms with van der Waals surface area (Å²) in [7, 11) is 2.25. The van der Waals surface area contributed by atoms with Crippen LogP contribution in [-0.4, -0.2) is 50.3 Å². The van der Waals surface area contributed by atoms with E-state index in [1.54, 1.807) is 0 Å². The fourth-order valence-electron chi connectivity index (χ4n) is 3.68. The molecule has 1 saturated carbocycles. The number of hydrogen-bond acceptors (Lipinski definition) is 3. The first-order chi connectivity index (χ1) is 9.29. The van der Waals surface area contributed by atoms with E-state index in [1.165, 1.54) is 51.5 Å². The van der Waals surface area contributed by atoms with Crippen molar-refractivity contribution in [2.75, 3.05) is 33.4 Å². The molecule has 19 heavy (non-hydrogen) atoms. The zero-order valence-corrected chi connectivity index (χ0v) is 12.4. The van der Waals surface area contributed by atoms with Crippen molar-refractivity contribution < 1.29 is 4.74 Å². The molecule has 0 aromatic rings. The Balaban J connectivity index is 1.24. The first kappa shape index (κ1) is 13.8. The standard InChI is InChI=1S/C16H30N2O/c1-18(8-9-19-12-13-2-3-13)7-6-14-10-15-4-5-16(11-14)17-15/h13-17H,2-12H2,1H3. The lowest BCUT2D eigenvalue weighted by atomic mass is 9.89. The average Bonchev–Trinajstić information content (AvgIpc) is 3.17. The number of ether oxygens (including phenoxy) is 1. The van der Waals surface area contributed by atoms with Gasteiger partial charge in [-0.05, 0) is 70.4 Å². The van der Waals surface area contributed by atoms with Crippen LogP contribution in [-0.2, 0) is 4.74 Å². The van der Waals surface area contributed by atoms with Crippen LogP contribution in [0.2, 0.25) is 0 Å². The van der Waals surface area contributed by atoms with Crippen LogP contribution in [0.25, 0.3) is 0 Å². The molecule has 2 saturated heterocycles. The number of fused-ring (bicyclic) bond motifs is 2. The van der Waals surface area contributed by atoms with Gasteiger partial charge in [-0.2, -0.15) is 0 Å². The quantitative estimate of drug-likeness (QED) is 0.682. The molecule has 2 bridgehead atoms. The van der Waals surface area contributed by atoms with E-state index in [4.69, 9.17) is 4.74 Å². The van der Waals surface area contributed by atoms with Crippen LogP contribution in [0.15, 0.2) is 0 Å². The summed E-state index contributed by atoms with van der Waals surface area (Å²) in [6, 6.07) is 1.69. The van der Waals surface area contributed by atoms with Crippen molar-refractivity contribution in [2.45, 2.75) is 57.0 Å². The van der Waals surface area contributed by atoms with Crippen LogP contribution in [0, 0.1) is 11.8 Å². The van der Waals surface area contributed by atoms with Crippen molar-refractivity contribution in [3.05, 3.63) is 0 Å². The molecule has 1 aliphatic carbocycles. The van der Waals surface area contributed by atoms with E-state index >= 15 is 0 Å². The lowest BCUT2D eigenvalue weighted by molar-refractivity contribution is 0.101. The molecule has 0 aromatic heterocycles. The predicted octanol–water partition coefficient (Wildman–Crippen LogP) is 2.27. The van der Waals surface area contributed by atoms with Crippen LogP contribution in [0.4, 0.5) is 0 Å². The van der Waals surface area contributed by atoms with Gasteiger partial charge in [-0.15, -0.1) is 0 Å². The van der Waals surface area contributed by atoms with Crippen molar-refractivity contribution in [2.24, 2.45) is 11.8 Å². The summed E-state index contributed by atoms with van der Waals surface area (Å²) < 4.78 is 5.71. The molecule has 0 aromatic carbocycles. The molecule has 3 rings (SSSR count). The van der Waals surface area contributed by atoms with E-state index in [-0.39, 0.29) is 0 Å². The average molecular weight is 266 g/mol. The first-order valence-corrected chi connectivity index (χ1v) is 8.32. The Bertz CT molecular complexity index is 268. The number of nitrogens with zero attached hydrogens (tertiary/aromatic N) is 1. The largest absolute Gasteiger partial charge is 0.380 e. The van der Waals surface area contributed by atoms with Crippen molar-refractivity contribution in [1.29, 1.82) is 0 Å². The van der Waals surface area contributed by atoms with Crippen molar-refractivity contribution in [1.82, 2.24) is 10.2 Å². The summed E-state index contributed by atoms with van der Waals surface area (Å²) in [4.78, 5) is 2.46. The zero-order chi connectivity index (χ0) is 13.1. The summed E-state index contributed by atoms with van der Waals surface area (Å²) >= 11 is 0. The maximum Gasteiger partial charge on any atom is 0.0593 e. The van der Waals surface area contributed by atoms with Gasteiger partial charge in [-0.25, -0.2) is 0 Å². The third-order valence-corrected chi connectivity index (χ3v) is 5.16. The van der Waals surface area contributed by atoms with E-state index < -0.39 is 0 Å². The third-order valence-electron chi connectivity index (χ3n) is 5.16. The second kappa shape index (κ2) is 6.55. The highest BCUT2D eigenvalue weighted by Crippen LogP contribution is 2.32. The molecule has 2 heterocycles. The van der Waals surface area contributed by atoms with Gasteiger partial charge in [0.1, 0.15) is 0 Å². The summed E-state index contributed by atoms with van der Waals surface area (Å²) in [5.41, 5.74) is 0. The van der Waals surface area contributed by atoms with Gasteiger partial charge < -0.3 is 15.0 Å². The van der Waals surface area contributed by atoms with Gasteiger partial charge in [0.25, 0.3) is 0 Å². The van der Waals surface area contributed by atoms with Gasteiger partial charge in [0.15, 0.2) is 0 Å². The third kappa shape index (κ3) is 4.44. The molecular formula is C16H30N2O. The lowest BCUT2D eigenvalue weighted by Gasteiger charge is -2.30. The van der Waals surface area contributed by atoms with E-state index in [0.717, 1.165) is 43.7 Å². The molecule has 110 valence electrons. The second-order valence-corrected chi connectivity index (χ2v) is 7.09. The van der Waals surface area contributed by atoms with Gasteiger partial charge in [0, 0.05) is 25.2 Å². The van der Waals surface area contributed by atoms with Crippen LogP contribution in [0.5, 0.6) is 0 Å². The maximum absolute atomic E-state index is 5.71. The highest BCUT2D eigenvalue weighted by atomic mass is 16.5. The molecule has 0 amide bonds. The molecule has 3 nitrogen and oxygen atoms in total. The number of rotatable bonds is 8. The summed E-state index contributed by atoms with van der Waals surface area (Å²) in [5.74, 6) is 1.86. The molecule has 3 aliphatic rings. The van der Waals surface area contributed by atoms with Crippen molar-refractivity contribution in [3.8, 4) is 0 Å². The van der Waals surface area contributed by atoms with Crippen LogP contribution in [0.3, 0.4) is 0 Å². The highest BCUT2D eigenvalue weighted by Gasteiger charge is 2.33. The Hall–Kier alpha value is -0.120. The summed E-state index contributed by atoms with van der Waals surface area (Å²) in [6.07, 6.45) is 9.86. The molecule has 0 radical (unpaired) electrons. The predicted molar refractivity (Wildman–Crippen MR) is 78.3 cm³/mol. The number of hydrogen-bond donors (Lipinski definition) is 1. The summed E-state index contributed by atoms with van der Waals surface area (Å²) in [5, 5.41) is 3.73. The van der Waals surface area contributed by atoms with Crippen molar-refractivity contribution in [3.63, 3.8) is 0 Å². The van der Waals surface area contributed by atoms with E-state index in [1.807, 2.05) is 0 Å². The number of piperidine rings is 1. The Morgan fingerprint density at radius 3 is 2.42 bits per heavy atom. The molecule has 3 fully saturated rings. The van der Waals surface area contributed by atoms with E-state index in [2.05, 4.69) is 17.3 Å². The Kier molecular flexibility index (Phi) is 4.78. The molecule has 2 aliphatic heterocycles. The van der Waals surface area contributed by atoms with Gasteiger partial charge in [0.05, 0.1) is 6.61 Å². The molecule has 3 heteroatoms. The normalized spacial score (nSPS) is 34.1. The highest BCUT2D eigenvalue weighted by molar-refractivity contribution is 4.91. The molecule has 0 spiro atoms. The second-order valence-electron chi connectivity index (χ2n) is 7.09. The fourth-order valence-corrected chi connectivity index (χ4v) is 3.68.